The minimum Gasteiger partial charge on any atom is -0.321 e. The number of rotatable bonds is 2. The lowest BCUT2D eigenvalue weighted by Gasteiger charge is -2.05. The number of carbonyl (C=O) groups excluding carboxylic acids is 1. The smallest absolute Gasteiger partial charge is 0.255 e. The molecule has 1 N–H and O–H groups in total. The summed E-state index contributed by atoms with van der Waals surface area (Å²) in [5.74, 6) is -0.0495. The van der Waals surface area contributed by atoms with Crippen LogP contribution in [-0.4, -0.2) is 5.91 Å². The largest absolute Gasteiger partial charge is 0.321 e. The van der Waals surface area contributed by atoms with Crippen LogP contribution in [0, 0.1) is 6.92 Å². The second-order valence-electron chi connectivity index (χ2n) is 3.28. The van der Waals surface area contributed by atoms with Gasteiger partial charge >= 0.3 is 0 Å². The maximum Gasteiger partial charge on any atom is 0.255 e. The zero-order valence-electron chi connectivity index (χ0n) is 8.36. The molecule has 0 bridgehead atoms. The third-order valence-corrected chi connectivity index (χ3v) is 2.85. The van der Waals surface area contributed by atoms with Crippen molar-refractivity contribution in [3.05, 3.63) is 52.2 Å². The summed E-state index contributed by atoms with van der Waals surface area (Å²) in [6.45, 7) is 1.93. The van der Waals surface area contributed by atoms with Crippen LogP contribution in [0.15, 0.2) is 41.1 Å². The van der Waals surface area contributed by atoms with Gasteiger partial charge in [0, 0.05) is 10.9 Å². The summed E-state index contributed by atoms with van der Waals surface area (Å²) < 4.78 is 0. The van der Waals surface area contributed by atoms with Crippen LogP contribution >= 0.6 is 11.3 Å². The van der Waals surface area contributed by atoms with Crippen LogP contribution in [0.1, 0.15) is 15.9 Å². The van der Waals surface area contributed by atoms with Crippen LogP contribution in [-0.2, 0) is 0 Å². The number of amides is 1. The van der Waals surface area contributed by atoms with E-state index >= 15 is 0 Å². The van der Waals surface area contributed by atoms with Gasteiger partial charge in [-0.05, 0) is 30.0 Å². The molecule has 2 nitrogen and oxygen atoms in total. The van der Waals surface area contributed by atoms with E-state index in [-0.39, 0.29) is 5.91 Å². The van der Waals surface area contributed by atoms with E-state index in [1.54, 1.807) is 11.3 Å². The number of aryl methyl sites for hydroxylation is 1. The van der Waals surface area contributed by atoms with Gasteiger partial charge in [0.1, 0.15) is 0 Å². The van der Waals surface area contributed by atoms with Crippen molar-refractivity contribution in [2.75, 3.05) is 5.32 Å². The number of hydrogen-bond acceptors (Lipinski definition) is 2. The molecule has 76 valence electrons. The number of benzene rings is 1. The molecular formula is C12H11NOS. The van der Waals surface area contributed by atoms with Crippen LogP contribution in [0.4, 0.5) is 5.69 Å². The monoisotopic (exact) mass is 217 g/mol. The Morgan fingerprint density at radius 1 is 1.27 bits per heavy atom. The van der Waals surface area contributed by atoms with E-state index in [9.17, 15) is 4.79 Å². The Bertz CT molecular complexity index is 462. The summed E-state index contributed by atoms with van der Waals surface area (Å²) in [7, 11) is 0. The second kappa shape index (κ2) is 4.28. The van der Waals surface area contributed by atoms with Crippen molar-refractivity contribution < 1.29 is 4.79 Å². The number of carbonyl (C=O) groups is 1. The molecule has 0 aliphatic rings. The van der Waals surface area contributed by atoms with E-state index in [2.05, 4.69) is 5.32 Å². The third kappa shape index (κ3) is 2.25. The molecule has 0 aliphatic carbocycles. The first kappa shape index (κ1) is 9.93. The summed E-state index contributed by atoms with van der Waals surface area (Å²) in [4.78, 5) is 11.8. The molecule has 0 saturated heterocycles. The Kier molecular flexibility index (Phi) is 2.83. The minimum absolute atomic E-state index is 0.0495. The molecule has 2 aromatic rings. The van der Waals surface area contributed by atoms with Gasteiger partial charge in [0.25, 0.3) is 5.91 Å². The molecular weight excluding hydrogens is 206 g/mol. The Hall–Kier alpha value is -1.61. The van der Waals surface area contributed by atoms with Crippen LogP contribution in [0.5, 0.6) is 0 Å². The van der Waals surface area contributed by atoms with Crippen molar-refractivity contribution in [2.24, 2.45) is 0 Å². The van der Waals surface area contributed by atoms with E-state index in [1.165, 1.54) is 0 Å². The second-order valence-corrected chi connectivity index (χ2v) is 4.06. The predicted molar refractivity (Wildman–Crippen MR) is 63.5 cm³/mol. The first-order valence-corrected chi connectivity index (χ1v) is 5.61. The van der Waals surface area contributed by atoms with Crippen LogP contribution in [0.2, 0.25) is 0 Å². The Morgan fingerprint density at radius 3 is 2.73 bits per heavy atom. The number of hydrogen-bond donors (Lipinski definition) is 1. The topological polar surface area (TPSA) is 29.1 Å². The highest BCUT2D eigenvalue weighted by Gasteiger charge is 2.07. The van der Waals surface area contributed by atoms with Crippen molar-refractivity contribution in [3.8, 4) is 0 Å². The van der Waals surface area contributed by atoms with Gasteiger partial charge in [0.15, 0.2) is 0 Å². The highest BCUT2D eigenvalue weighted by atomic mass is 32.1. The Labute approximate surface area is 92.6 Å². The van der Waals surface area contributed by atoms with E-state index in [4.69, 9.17) is 0 Å². The maximum atomic E-state index is 11.8. The Balaban J connectivity index is 2.19. The highest BCUT2D eigenvalue weighted by Crippen LogP contribution is 2.14. The first-order chi connectivity index (χ1) is 7.27. The number of anilines is 1. The minimum atomic E-state index is -0.0495. The van der Waals surface area contributed by atoms with Crippen molar-refractivity contribution in [3.63, 3.8) is 0 Å². The summed E-state index contributed by atoms with van der Waals surface area (Å²) in [6.07, 6.45) is 0. The lowest BCUT2D eigenvalue weighted by Crippen LogP contribution is -2.12. The first-order valence-electron chi connectivity index (χ1n) is 4.66. The zero-order valence-corrected chi connectivity index (χ0v) is 9.17. The SMILES string of the molecule is Cc1ccccc1C(=O)Nc1ccsc1. The van der Waals surface area contributed by atoms with E-state index in [1.807, 2.05) is 48.0 Å². The van der Waals surface area contributed by atoms with Crippen molar-refractivity contribution in [1.29, 1.82) is 0 Å². The van der Waals surface area contributed by atoms with Crippen LogP contribution < -0.4 is 5.32 Å². The molecule has 0 fully saturated rings. The van der Waals surface area contributed by atoms with Gasteiger partial charge in [0.05, 0.1) is 5.69 Å². The fourth-order valence-electron chi connectivity index (χ4n) is 1.36. The van der Waals surface area contributed by atoms with E-state index in [0.717, 1.165) is 16.8 Å². The molecule has 0 saturated carbocycles. The van der Waals surface area contributed by atoms with Crippen molar-refractivity contribution in [1.82, 2.24) is 0 Å². The van der Waals surface area contributed by atoms with Gasteiger partial charge in [0.2, 0.25) is 0 Å². The molecule has 0 spiro atoms. The van der Waals surface area contributed by atoms with Crippen molar-refractivity contribution in [2.45, 2.75) is 6.92 Å². The maximum absolute atomic E-state index is 11.8. The van der Waals surface area contributed by atoms with Gasteiger partial charge in [-0.2, -0.15) is 11.3 Å². The molecule has 1 heterocycles. The predicted octanol–water partition coefficient (Wildman–Crippen LogP) is 3.31. The van der Waals surface area contributed by atoms with Gasteiger partial charge in [-0.15, -0.1) is 0 Å². The molecule has 0 unspecified atom stereocenters. The summed E-state index contributed by atoms with van der Waals surface area (Å²) >= 11 is 1.57. The fraction of sp³-hybridized carbons (Fsp3) is 0.0833. The van der Waals surface area contributed by atoms with Gasteiger partial charge in [-0.1, -0.05) is 18.2 Å². The average molecular weight is 217 g/mol. The number of nitrogens with one attached hydrogen (secondary N) is 1. The summed E-state index contributed by atoms with van der Waals surface area (Å²) in [5, 5.41) is 6.70. The molecule has 1 amide bonds. The lowest BCUT2D eigenvalue weighted by molar-refractivity contribution is 0.102. The van der Waals surface area contributed by atoms with Crippen molar-refractivity contribution >= 4 is 22.9 Å². The lowest BCUT2D eigenvalue weighted by atomic mass is 10.1. The van der Waals surface area contributed by atoms with E-state index in [0.29, 0.717) is 0 Å². The molecule has 0 radical (unpaired) electrons. The molecule has 1 aromatic heterocycles. The standard InChI is InChI=1S/C12H11NOS/c1-9-4-2-3-5-11(9)12(14)13-10-6-7-15-8-10/h2-8H,1H3,(H,13,14). The van der Waals surface area contributed by atoms with Gasteiger partial charge < -0.3 is 5.32 Å². The Morgan fingerprint density at radius 2 is 2.07 bits per heavy atom. The molecule has 0 atom stereocenters. The summed E-state index contributed by atoms with van der Waals surface area (Å²) in [6, 6.07) is 9.45. The van der Waals surface area contributed by atoms with E-state index < -0.39 is 0 Å². The van der Waals surface area contributed by atoms with Gasteiger partial charge in [-0.3, -0.25) is 4.79 Å². The normalized spacial score (nSPS) is 9.93. The number of thiophene rings is 1. The zero-order chi connectivity index (χ0) is 10.7. The average Bonchev–Trinajstić information content (AvgIpc) is 2.71. The summed E-state index contributed by atoms with van der Waals surface area (Å²) in [5.41, 5.74) is 2.57. The molecule has 3 heteroatoms. The fourth-order valence-corrected chi connectivity index (χ4v) is 1.95. The highest BCUT2D eigenvalue weighted by molar-refractivity contribution is 7.08. The van der Waals surface area contributed by atoms with Crippen LogP contribution in [0.3, 0.4) is 0 Å². The van der Waals surface area contributed by atoms with Gasteiger partial charge in [-0.25, -0.2) is 0 Å². The molecule has 15 heavy (non-hydrogen) atoms. The molecule has 1 aromatic carbocycles. The van der Waals surface area contributed by atoms with Crippen LogP contribution in [0.25, 0.3) is 0 Å². The molecule has 2 rings (SSSR count). The molecule has 0 aliphatic heterocycles. The third-order valence-electron chi connectivity index (χ3n) is 2.17. The quantitative estimate of drug-likeness (QED) is 0.821.